The Morgan fingerprint density at radius 2 is 2.22 bits per heavy atom. The van der Waals surface area contributed by atoms with Crippen molar-refractivity contribution in [1.82, 2.24) is 0 Å². The van der Waals surface area contributed by atoms with Crippen LogP contribution < -0.4 is 5.73 Å². The molecule has 1 amide bonds. The molecule has 0 radical (unpaired) electrons. The molecule has 1 fully saturated rings. The van der Waals surface area contributed by atoms with E-state index in [2.05, 4.69) is 15.2 Å². The first-order chi connectivity index (χ1) is 4.20. The summed E-state index contributed by atoms with van der Waals surface area (Å²) in [5.74, 6) is -0.706. The van der Waals surface area contributed by atoms with Crippen LogP contribution in [0, 0.1) is 0 Å². The van der Waals surface area contributed by atoms with E-state index in [0.717, 1.165) is 0 Å². The number of esters is 1. The lowest BCUT2D eigenvalue weighted by Crippen LogP contribution is -2.21. The van der Waals surface area contributed by atoms with Crippen LogP contribution in [0.1, 0.15) is 0 Å². The predicted molar refractivity (Wildman–Crippen MR) is 25.4 cm³/mol. The van der Waals surface area contributed by atoms with E-state index in [1.54, 1.807) is 0 Å². The fourth-order valence-electron chi connectivity index (χ4n) is 0.349. The molecule has 0 bridgehead atoms. The van der Waals surface area contributed by atoms with Crippen LogP contribution in [-0.2, 0) is 14.3 Å². The number of carbonyl (C=O) groups is 2. The second kappa shape index (κ2) is 2.02. The number of amides is 1. The third-order valence-electron chi connectivity index (χ3n) is 0.797. The molecule has 2 N–H and O–H groups in total. The van der Waals surface area contributed by atoms with Gasteiger partial charge in [0.1, 0.15) is 0 Å². The highest BCUT2D eigenvalue weighted by atomic mass is 16.6. The molecule has 50 valence electrons. The average Bonchev–Trinajstić information content (AvgIpc) is 2.40. The SMILES string of the molecule is NC(=O)OC(=O)C1CO1. The normalized spacial score (nSPS) is 22.9. The zero-order valence-electron chi connectivity index (χ0n) is 4.49. The first-order valence-electron chi connectivity index (χ1n) is 2.33. The third kappa shape index (κ3) is 1.69. The summed E-state index contributed by atoms with van der Waals surface area (Å²) in [6.07, 6.45) is -1.65. The number of epoxide rings is 1. The van der Waals surface area contributed by atoms with E-state index < -0.39 is 18.2 Å². The van der Waals surface area contributed by atoms with Crippen LogP contribution in [0.25, 0.3) is 0 Å². The first-order valence-corrected chi connectivity index (χ1v) is 2.33. The number of carbonyl (C=O) groups excluding carboxylic acids is 2. The Morgan fingerprint density at radius 3 is 2.56 bits per heavy atom. The Balaban J connectivity index is 2.26. The number of ether oxygens (including phenoxy) is 2. The molecule has 1 heterocycles. The lowest BCUT2D eigenvalue weighted by molar-refractivity contribution is -0.138. The molecule has 0 aromatic heterocycles. The lowest BCUT2D eigenvalue weighted by Gasteiger charge is -1.91. The Kier molecular flexibility index (Phi) is 1.35. The van der Waals surface area contributed by atoms with Crippen molar-refractivity contribution in [2.24, 2.45) is 5.73 Å². The maximum Gasteiger partial charge on any atom is 0.412 e. The number of hydrogen-bond donors (Lipinski definition) is 1. The number of rotatable bonds is 1. The van der Waals surface area contributed by atoms with E-state index in [-0.39, 0.29) is 0 Å². The molecule has 1 saturated heterocycles. The van der Waals surface area contributed by atoms with Crippen molar-refractivity contribution in [2.45, 2.75) is 6.10 Å². The van der Waals surface area contributed by atoms with Gasteiger partial charge in [0.15, 0.2) is 6.10 Å². The van der Waals surface area contributed by atoms with Crippen molar-refractivity contribution < 1.29 is 19.1 Å². The summed E-state index contributed by atoms with van der Waals surface area (Å²) in [4.78, 5) is 20.2. The number of primary amides is 1. The zero-order chi connectivity index (χ0) is 6.85. The highest BCUT2D eigenvalue weighted by Crippen LogP contribution is 2.09. The molecule has 9 heavy (non-hydrogen) atoms. The van der Waals surface area contributed by atoms with Crippen LogP contribution in [0.15, 0.2) is 0 Å². The summed E-state index contributed by atoms with van der Waals surface area (Å²) in [5.41, 5.74) is 4.52. The van der Waals surface area contributed by atoms with E-state index in [4.69, 9.17) is 0 Å². The molecule has 1 unspecified atom stereocenters. The first kappa shape index (κ1) is 6.03. The van der Waals surface area contributed by atoms with Gasteiger partial charge in [0.2, 0.25) is 0 Å². The summed E-state index contributed by atoms with van der Waals surface area (Å²) in [7, 11) is 0. The van der Waals surface area contributed by atoms with E-state index >= 15 is 0 Å². The second-order valence-corrected chi connectivity index (χ2v) is 1.56. The molecule has 0 saturated carbocycles. The fourth-order valence-corrected chi connectivity index (χ4v) is 0.349. The van der Waals surface area contributed by atoms with Crippen molar-refractivity contribution >= 4 is 12.1 Å². The molecule has 0 aliphatic carbocycles. The molecule has 5 heteroatoms. The molecule has 0 aromatic carbocycles. The molecule has 1 aliphatic heterocycles. The standard InChI is InChI=1S/C4H5NO4/c5-4(7)9-3(6)2-1-8-2/h2H,1H2,(H2,5,7). The van der Waals surface area contributed by atoms with Crippen molar-refractivity contribution in [3.63, 3.8) is 0 Å². The van der Waals surface area contributed by atoms with Gasteiger partial charge >= 0.3 is 12.1 Å². The minimum Gasteiger partial charge on any atom is -0.374 e. The van der Waals surface area contributed by atoms with Gasteiger partial charge in [-0.1, -0.05) is 0 Å². The molecule has 0 aromatic rings. The van der Waals surface area contributed by atoms with E-state index in [9.17, 15) is 9.59 Å². The van der Waals surface area contributed by atoms with Crippen LogP contribution in [0.5, 0.6) is 0 Å². The minimum atomic E-state index is -1.09. The van der Waals surface area contributed by atoms with Gasteiger partial charge in [-0.25, -0.2) is 9.59 Å². The highest BCUT2D eigenvalue weighted by molar-refractivity contribution is 5.87. The van der Waals surface area contributed by atoms with Gasteiger partial charge in [-0.05, 0) is 0 Å². The van der Waals surface area contributed by atoms with Crippen LogP contribution in [-0.4, -0.2) is 24.8 Å². The topological polar surface area (TPSA) is 81.9 Å². The van der Waals surface area contributed by atoms with Gasteiger partial charge in [-0.15, -0.1) is 0 Å². The summed E-state index contributed by atoms with van der Waals surface area (Å²) in [5, 5.41) is 0. The van der Waals surface area contributed by atoms with Gasteiger partial charge < -0.3 is 15.2 Å². The van der Waals surface area contributed by atoms with Gasteiger partial charge in [0.25, 0.3) is 0 Å². The van der Waals surface area contributed by atoms with Gasteiger partial charge in [0, 0.05) is 0 Å². The maximum atomic E-state index is 10.4. The van der Waals surface area contributed by atoms with E-state index in [1.165, 1.54) is 0 Å². The average molecular weight is 131 g/mol. The Labute approximate surface area is 50.7 Å². The highest BCUT2D eigenvalue weighted by Gasteiger charge is 2.33. The smallest absolute Gasteiger partial charge is 0.374 e. The molecular weight excluding hydrogens is 126 g/mol. The predicted octanol–water partition coefficient (Wildman–Crippen LogP) is -0.993. The Morgan fingerprint density at radius 1 is 1.67 bits per heavy atom. The fraction of sp³-hybridized carbons (Fsp3) is 0.500. The molecule has 1 aliphatic rings. The van der Waals surface area contributed by atoms with Crippen LogP contribution >= 0.6 is 0 Å². The van der Waals surface area contributed by atoms with Crippen LogP contribution in [0.2, 0.25) is 0 Å². The second-order valence-electron chi connectivity index (χ2n) is 1.56. The molecule has 0 spiro atoms. The van der Waals surface area contributed by atoms with Crippen LogP contribution in [0.4, 0.5) is 4.79 Å². The Hall–Kier alpha value is -1.10. The number of hydrogen-bond acceptors (Lipinski definition) is 4. The summed E-state index contributed by atoms with van der Waals surface area (Å²) < 4.78 is 8.44. The molecule has 1 rings (SSSR count). The van der Waals surface area contributed by atoms with Crippen molar-refractivity contribution in [2.75, 3.05) is 6.61 Å². The van der Waals surface area contributed by atoms with E-state index in [1.807, 2.05) is 0 Å². The van der Waals surface area contributed by atoms with Crippen molar-refractivity contribution in [3.05, 3.63) is 0 Å². The summed E-state index contributed by atoms with van der Waals surface area (Å²) in [6.45, 7) is 0.326. The number of nitrogens with two attached hydrogens (primary N) is 1. The maximum absolute atomic E-state index is 10.4. The van der Waals surface area contributed by atoms with Gasteiger partial charge in [-0.3, -0.25) is 0 Å². The summed E-state index contributed by atoms with van der Waals surface area (Å²) >= 11 is 0. The third-order valence-corrected chi connectivity index (χ3v) is 0.797. The zero-order valence-corrected chi connectivity index (χ0v) is 4.49. The van der Waals surface area contributed by atoms with E-state index in [0.29, 0.717) is 6.61 Å². The molecular formula is C4H5NO4. The van der Waals surface area contributed by atoms with Crippen LogP contribution in [0.3, 0.4) is 0 Å². The molecule has 5 nitrogen and oxygen atoms in total. The lowest BCUT2D eigenvalue weighted by atomic mass is 10.5. The minimum absolute atomic E-state index is 0.326. The monoisotopic (exact) mass is 131 g/mol. The quantitative estimate of drug-likeness (QED) is 0.281. The van der Waals surface area contributed by atoms with Gasteiger partial charge in [0.05, 0.1) is 6.61 Å². The summed E-state index contributed by atoms with van der Waals surface area (Å²) in [6, 6.07) is 0. The Bertz CT molecular complexity index is 151. The van der Waals surface area contributed by atoms with Crippen molar-refractivity contribution in [3.8, 4) is 0 Å². The molecule has 1 atom stereocenters. The largest absolute Gasteiger partial charge is 0.412 e. The van der Waals surface area contributed by atoms with Gasteiger partial charge in [-0.2, -0.15) is 0 Å². The van der Waals surface area contributed by atoms with Crippen molar-refractivity contribution in [1.29, 1.82) is 0 Å².